The highest BCUT2D eigenvalue weighted by Crippen LogP contribution is 2.13. The van der Waals surface area contributed by atoms with Gasteiger partial charge in [-0.05, 0) is 29.8 Å². The lowest BCUT2D eigenvalue weighted by molar-refractivity contribution is 0.0718. The lowest BCUT2D eigenvalue weighted by atomic mass is 10.2. The molecule has 2 rings (SSSR count). The van der Waals surface area contributed by atoms with Gasteiger partial charge in [0.25, 0.3) is 0 Å². The number of ether oxygens (including phenoxy) is 2. The molecule has 0 unspecified atom stereocenters. The number of Topliss-reactive ketones (excluding diaryl/α,β-unsaturated/α-hetero) is 1. The molecular formula is C15H17NO3. The summed E-state index contributed by atoms with van der Waals surface area (Å²) in [5.41, 5.74) is 1.64. The molecule has 4 nitrogen and oxygen atoms in total. The Morgan fingerprint density at radius 3 is 2.79 bits per heavy atom. The Morgan fingerprint density at radius 1 is 1.26 bits per heavy atom. The second kappa shape index (κ2) is 6.20. The maximum absolute atomic E-state index is 11.9. The number of aryl methyl sites for hydroxylation is 1. The van der Waals surface area contributed by atoms with Gasteiger partial charge in [0.05, 0.1) is 19.4 Å². The first kappa shape index (κ1) is 13.4. The second-order valence-corrected chi connectivity index (χ2v) is 4.27. The predicted octanol–water partition coefficient (Wildman–Crippen LogP) is 2.43. The maximum Gasteiger partial charge on any atom is 0.204 e. The Labute approximate surface area is 112 Å². The molecule has 0 aliphatic carbocycles. The Hall–Kier alpha value is -2.07. The average molecular weight is 259 g/mol. The van der Waals surface area contributed by atoms with Crippen LogP contribution in [0.1, 0.15) is 16.1 Å². The summed E-state index contributed by atoms with van der Waals surface area (Å²) >= 11 is 0. The van der Waals surface area contributed by atoms with Crippen molar-refractivity contribution >= 4 is 5.78 Å². The van der Waals surface area contributed by atoms with E-state index in [9.17, 15) is 4.79 Å². The Balaban J connectivity index is 1.86. The van der Waals surface area contributed by atoms with Crippen LogP contribution in [0.5, 0.6) is 5.75 Å². The van der Waals surface area contributed by atoms with Crippen LogP contribution in [0, 0.1) is 0 Å². The quantitative estimate of drug-likeness (QED) is 0.748. The molecule has 100 valence electrons. The van der Waals surface area contributed by atoms with Gasteiger partial charge in [0.15, 0.2) is 0 Å². The van der Waals surface area contributed by atoms with Gasteiger partial charge in [-0.25, -0.2) is 0 Å². The summed E-state index contributed by atoms with van der Waals surface area (Å²) in [7, 11) is 3.47. The minimum absolute atomic E-state index is 0.0182. The predicted molar refractivity (Wildman–Crippen MR) is 72.4 cm³/mol. The molecule has 0 spiro atoms. The van der Waals surface area contributed by atoms with E-state index in [-0.39, 0.29) is 12.4 Å². The van der Waals surface area contributed by atoms with E-state index >= 15 is 0 Å². The minimum Gasteiger partial charge on any atom is -0.497 e. The van der Waals surface area contributed by atoms with Crippen molar-refractivity contribution in [2.75, 3.05) is 13.7 Å². The van der Waals surface area contributed by atoms with Gasteiger partial charge in [-0.15, -0.1) is 0 Å². The summed E-state index contributed by atoms with van der Waals surface area (Å²) < 4.78 is 12.4. The topological polar surface area (TPSA) is 40.5 Å². The van der Waals surface area contributed by atoms with Crippen molar-refractivity contribution in [3.8, 4) is 5.75 Å². The zero-order valence-electron chi connectivity index (χ0n) is 11.1. The third-order valence-electron chi connectivity index (χ3n) is 2.87. The number of aromatic nitrogens is 1. The number of nitrogens with zero attached hydrogens (tertiary/aromatic N) is 1. The van der Waals surface area contributed by atoms with Crippen LogP contribution in [0.4, 0.5) is 0 Å². The zero-order valence-corrected chi connectivity index (χ0v) is 11.1. The molecule has 0 aliphatic rings. The van der Waals surface area contributed by atoms with E-state index < -0.39 is 0 Å². The van der Waals surface area contributed by atoms with Crippen molar-refractivity contribution in [1.82, 2.24) is 4.57 Å². The molecule has 0 amide bonds. The van der Waals surface area contributed by atoms with Crippen molar-refractivity contribution in [3.05, 3.63) is 53.9 Å². The Kier molecular flexibility index (Phi) is 4.36. The van der Waals surface area contributed by atoms with E-state index in [0.29, 0.717) is 12.3 Å². The highest BCUT2D eigenvalue weighted by Gasteiger charge is 2.08. The first-order chi connectivity index (χ1) is 9.20. The van der Waals surface area contributed by atoms with Crippen molar-refractivity contribution in [2.45, 2.75) is 6.61 Å². The van der Waals surface area contributed by atoms with Gasteiger partial charge in [0, 0.05) is 13.2 Å². The summed E-state index contributed by atoms with van der Waals surface area (Å²) in [6.07, 6.45) is 1.84. The van der Waals surface area contributed by atoms with E-state index in [4.69, 9.17) is 9.47 Å². The molecule has 0 radical (unpaired) electrons. The van der Waals surface area contributed by atoms with Gasteiger partial charge in [-0.1, -0.05) is 12.1 Å². The third-order valence-corrected chi connectivity index (χ3v) is 2.87. The second-order valence-electron chi connectivity index (χ2n) is 4.27. The number of carbonyl (C=O) groups excluding carboxylic acids is 1. The van der Waals surface area contributed by atoms with Crippen LogP contribution in [0.25, 0.3) is 0 Å². The van der Waals surface area contributed by atoms with E-state index in [1.54, 1.807) is 17.7 Å². The molecule has 0 saturated heterocycles. The summed E-state index contributed by atoms with van der Waals surface area (Å²) in [5, 5.41) is 0. The Morgan fingerprint density at radius 2 is 2.11 bits per heavy atom. The first-order valence-corrected chi connectivity index (χ1v) is 6.06. The average Bonchev–Trinajstić information content (AvgIpc) is 2.85. The fourth-order valence-electron chi connectivity index (χ4n) is 1.85. The fourth-order valence-corrected chi connectivity index (χ4v) is 1.85. The lowest BCUT2D eigenvalue weighted by Crippen LogP contribution is -2.12. The molecule has 2 aromatic rings. The molecule has 1 heterocycles. The normalized spacial score (nSPS) is 10.4. The molecule has 19 heavy (non-hydrogen) atoms. The molecule has 0 atom stereocenters. The van der Waals surface area contributed by atoms with Gasteiger partial charge in [-0.3, -0.25) is 4.79 Å². The highest BCUT2D eigenvalue weighted by atomic mass is 16.5. The van der Waals surface area contributed by atoms with Crippen molar-refractivity contribution in [2.24, 2.45) is 7.05 Å². The first-order valence-electron chi connectivity index (χ1n) is 6.06. The van der Waals surface area contributed by atoms with Crippen molar-refractivity contribution < 1.29 is 14.3 Å². The SMILES string of the molecule is COc1cccc(COCC(=O)c2cccn2C)c1. The smallest absolute Gasteiger partial charge is 0.204 e. The summed E-state index contributed by atoms with van der Waals surface area (Å²) in [5.74, 6) is 0.769. The van der Waals surface area contributed by atoms with E-state index in [0.717, 1.165) is 11.3 Å². The van der Waals surface area contributed by atoms with Gasteiger partial charge in [-0.2, -0.15) is 0 Å². The van der Waals surface area contributed by atoms with Crippen LogP contribution in [-0.2, 0) is 18.4 Å². The van der Waals surface area contributed by atoms with Gasteiger partial charge >= 0.3 is 0 Å². The molecule has 1 aromatic carbocycles. The molecule has 0 bridgehead atoms. The lowest BCUT2D eigenvalue weighted by Gasteiger charge is -2.06. The number of methoxy groups -OCH3 is 1. The van der Waals surface area contributed by atoms with Gasteiger partial charge in [0.1, 0.15) is 12.4 Å². The van der Waals surface area contributed by atoms with Crippen LogP contribution in [-0.4, -0.2) is 24.1 Å². The minimum atomic E-state index is -0.0182. The summed E-state index contributed by atoms with van der Waals surface area (Å²) in [4.78, 5) is 11.9. The number of ketones is 1. The molecule has 1 aromatic heterocycles. The molecule has 4 heteroatoms. The number of benzene rings is 1. The molecular weight excluding hydrogens is 242 g/mol. The monoisotopic (exact) mass is 259 g/mol. The van der Waals surface area contributed by atoms with E-state index in [1.807, 2.05) is 43.6 Å². The molecule has 0 N–H and O–H groups in total. The number of carbonyl (C=O) groups is 1. The summed E-state index contributed by atoms with van der Waals surface area (Å²) in [6, 6.07) is 11.2. The number of rotatable bonds is 6. The van der Waals surface area contributed by atoms with E-state index in [1.165, 1.54) is 0 Å². The molecule has 0 saturated carbocycles. The van der Waals surface area contributed by atoms with Crippen LogP contribution in [0.3, 0.4) is 0 Å². The maximum atomic E-state index is 11.9. The van der Waals surface area contributed by atoms with Crippen molar-refractivity contribution in [1.29, 1.82) is 0 Å². The van der Waals surface area contributed by atoms with Crippen molar-refractivity contribution in [3.63, 3.8) is 0 Å². The van der Waals surface area contributed by atoms with Crippen LogP contribution >= 0.6 is 0 Å². The van der Waals surface area contributed by atoms with Crippen LogP contribution in [0.15, 0.2) is 42.6 Å². The van der Waals surface area contributed by atoms with Crippen LogP contribution < -0.4 is 4.74 Å². The fraction of sp³-hybridized carbons (Fsp3) is 0.267. The van der Waals surface area contributed by atoms with Gasteiger partial charge in [0.2, 0.25) is 5.78 Å². The van der Waals surface area contributed by atoms with E-state index in [2.05, 4.69) is 0 Å². The number of hydrogen-bond donors (Lipinski definition) is 0. The zero-order chi connectivity index (χ0) is 13.7. The Bertz CT molecular complexity index is 560. The summed E-state index contributed by atoms with van der Waals surface area (Å²) in [6.45, 7) is 0.475. The largest absolute Gasteiger partial charge is 0.497 e. The van der Waals surface area contributed by atoms with Gasteiger partial charge < -0.3 is 14.0 Å². The number of hydrogen-bond acceptors (Lipinski definition) is 3. The standard InChI is InChI=1S/C15H17NO3/c1-16-8-4-7-14(16)15(17)11-19-10-12-5-3-6-13(9-12)18-2/h3-9H,10-11H2,1-2H3. The molecule has 0 fully saturated rings. The highest BCUT2D eigenvalue weighted by molar-refractivity contribution is 5.95. The van der Waals surface area contributed by atoms with Crippen LogP contribution in [0.2, 0.25) is 0 Å². The third kappa shape index (κ3) is 3.45. The molecule has 0 aliphatic heterocycles.